The van der Waals surface area contributed by atoms with Crippen molar-refractivity contribution in [2.45, 2.75) is 18.9 Å². The first kappa shape index (κ1) is 16.0. The molecule has 1 unspecified atom stereocenters. The van der Waals surface area contributed by atoms with Crippen LogP contribution < -0.4 is 10.1 Å². The maximum atomic E-state index is 10.0. The molecule has 19 heavy (non-hydrogen) atoms. The molecule has 0 heterocycles. The predicted molar refractivity (Wildman–Crippen MR) is 78.6 cm³/mol. The Kier molecular flexibility index (Phi) is 7.48. The van der Waals surface area contributed by atoms with E-state index in [1.807, 2.05) is 24.3 Å². The van der Waals surface area contributed by atoms with Gasteiger partial charge in [-0.15, -0.1) is 0 Å². The van der Waals surface area contributed by atoms with Crippen LogP contribution in [0, 0.1) is 0 Å². The summed E-state index contributed by atoms with van der Waals surface area (Å²) in [5, 5.41) is 13.3. The molecule has 0 saturated carbocycles. The lowest BCUT2D eigenvalue weighted by molar-refractivity contribution is 0.174. The van der Waals surface area contributed by atoms with Crippen LogP contribution in [0.15, 0.2) is 24.3 Å². The van der Waals surface area contributed by atoms with Crippen LogP contribution in [0.5, 0.6) is 5.75 Å². The highest BCUT2D eigenvalue weighted by atomic mass is 16.5. The number of nitrogens with one attached hydrogen (secondary N) is 1. The number of aliphatic hydroxyl groups excluding tert-OH is 1. The van der Waals surface area contributed by atoms with Crippen LogP contribution in [0.4, 0.5) is 0 Å². The molecule has 4 heteroatoms. The van der Waals surface area contributed by atoms with Crippen molar-refractivity contribution in [1.82, 2.24) is 10.2 Å². The molecule has 1 atom stereocenters. The first-order valence-electron chi connectivity index (χ1n) is 6.81. The summed E-state index contributed by atoms with van der Waals surface area (Å²) >= 11 is 0. The van der Waals surface area contributed by atoms with Crippen LogP contribution in [0.25, 0.3) is 0 Å². The van der Waals surface area contributed by atoms with Crippen molar-refractivity contribution in [3.63, 3.8) is 0 Å². The highest BCUT2D eigenvalue weighted by Gasteiger charge is 2.06. The van der Waals surface area contributed by atoms with Gasteiger partial charge >= 0.3 is 0 Å². The normalized spacial score (nSPS) is 12.7. The Hall–Kier alpha value is -1.10. The molecule has 2 N–H and O–H groups in total. The lowest BCUT2D eigenvalue weighted by Gasteiger charge is -2.13. The summed E-state index contributed by atoms with van der Waals surface area (Å²) < 4.78 is 5.09. The Morgan fingerprint density at radius 2 is 1.89 bits per heavy atom. The summed E-state index contributed by atoms with van der Waals surface area (Å²) in [5.74, 6) is 0.813. The van der Waals surface area contributed by atoms with E-state index in [9.17, 15) is 5.11 Å². The third kappa shape index (κ3) is 6.57. The number of hydrogen-bond donors (Lipinski definition) is 2. The summed E-state index contributed by atoms with van der Waals surface area (Å²) in [6.07, 6.45) is 1.85. The highest BCUT2D eigenvalue weighted by molar-refractivity contribution is 5.28. The van der Waals surface area contributed by atoms with Crippen LogP contribution in [0.3, 0.4) is 0 Å². The van der Waals surface area contributed by atoms with Crippen molar-refractivity contribution in [2.75, 3.05) is 40.8 Å². The zero-order valence-electron chi connectivity index (χ0n) is 12.2. The van der Waals surface area contributed by atoms with E-state index in [2.05, 4.69) is 24.3 Å². The van der Waals surface area contributed by atoms with Crippen LogP contribution >= 0.6 is 0 Å². The van der Waals surface area contributed by atoms with E-state index in [1.165, 1.54) is 6.42 Å². The van der Waals surface area contributed by atoms with Crippen molar-refractivity contribution in [2.24, 2.45) is 0 Å². The maximum absolute atomic E-state index is 10.0. The van der Waals surface area contributed by atoms with E-state index in [1.54, 1.807) is 7.11 Å². The Morgan fingerprint density at radius 3 is 2.47 bits per heavy atom. The number of aliphatic hydroxyl groups is 1. The van der Waals surface area contributed by atoms with Gasteiger partial charge < -0.3 is 20.1 Å². The Balaban J connectivity index is 2.17. The van der Waals surface area contributed by atoms with Crippen LogP contribution in [0.1, 0.15) is 24.5 Å². The lowest BCUT2D eigenvalue weighted by Crippen LogP contribution is -2.23. The van der Waals surface area contributed by atoms with Gasteiger partial charge in [-0.05, 0) is 57.7 Å². The van der Waals surface area contributed by atoms with E-state index in [-0.39, 0.29) is 0 Å². The molecule has 0 aromatic heterocycles. The summed E-state index contributed by atoms with van der Waals surface area (Å²) in [4.78, 5) is 2.19. The molecule has 1 aromatic rings. The molecule has 1 rings (SSSR count). The minimum absolute atomic E-state index is 0.459. The fourth-order valence-corrected chi connectivity index (χ4v) is 1.86. The third-order valence-corrected chi connectivity index (χ3v) is 3.05. The molecule has 1 aromatic carbocycles. The number of rotatable bonds is 9. The van der Waals surface area contributed by atoms with Crippen molar-refractivity contribution < 1.29 is 9.84 Å². The minimum Gasteiger partial charge on any atom is -0.497 e. The van der Waals surface area contributed by atoms with Crippen molar-refractivity contribution in [3.05, 3.63) is 29.8 Å². The molecule has 0 amide bonds. The van der Waals surface area contributed by atoms with Crippen molar-refractivity contribution in [3.8, 4) is 5.75 Å². The summed E-state index contributed by atoms with van der Waals surface area (Å²) in [6.45, 7) is 2.65. The summed E-state index contributed by atoms with van der Waals surface area (Å²) in [7, 11) is 5.81. The van der Waals surface area contributed by atoms with Gasteiger partial charge in [-0.3, -0.25) is 0 Å². The van der Waals surface area contributed by atoms with E-state index >= 15 is 0 Å². The number of methoxy groups -OCH3 is 1. The van der Waals surface area contributed by atoms with E-state index < -0.39 is 6.10 Å². The highest BCUT2D eigenvalue weighted by Crippen LogP contribution is 2.16. The van der Waals surface area contributed by atoms with Crippen molar-refractivity contribution in [1.29, 1.82) is 0 Å². The van der Waals surface area contributed by atoms with Gasteiger partial charge in [0.2, 0.25) is 0 Å². The first-order valence-corrected chi connectivity index (χ1v) is 6.81. The fraction of sp³-hybridized carbons (Fsp3) is 0.600. The monoisotopic (exact) mass is 266 g/mol. The molecule has 4 nitrogen and oxygen atoms in total. The average molecular weight is 266 g/mol. The molecule has 0 aliphatic rings. The quantitative estimate of drug-likeness (QED) is 0.667. The van der Waals surface area contributed by atoms with Crippen LogP contribution in [0.2, 0.25) is 0 Å². The van der Waals surface area contributed by atoms with Crippen LogP contribution in [-0.4, -0.2) is 50.8 Å². The topological polar surface area (TPSA) is 44.7 Å². The Morgan fingerprint density at radius 1 is 1.21 bits per heavy atom. The summed E-state index contributed by atoms with van der Waals surface area (Å²) in [6, 6.07) is 7.54. The molecule has 0 spiro atoms. The number of unbranched alkanes of at least 4 members (excludes halogenated alkanes) is 1. The molecular formula is C15H26N2O2. The predicted octanol–water partition coefficient (Wildman–Crippen LogP) is 1.66. The zero-order valence-corrected chi connectivity index (χ0v) is 12.2. The van der Waals surface area contributed by atoms with E-state index in [4.69, 9.17) is 4.74 Å². The molecular weight excluding hydrogens is 240 g/mol. The fourth-order valence-electron chi connectivity index (χ4n) is 1.86. The van der Waals surface area contributed by atoms with Gasteiger partial charge in [0.25, 0.3) is 0 Å². The van der Waals surface area contributed by atoms with Gasteiger partial charge in [-0.2, -0.15) is 0 Å². The maximum Gasteiger partial charge on any atom is 0.118 e. The molecule has 0 aliphatic heterocycles. The first-order chi connectivity index (χ1) is 9.13. The second kappa shape index (κ2) is 8.91. The standard InChI is InChI=1S/C15H26N2O2/c1-17(2)11-5-4-10-16-12-15(18)13-6-8-14(19-3)9-7-13/h6-9,15-16,18H,4-5,10-12H2,1-3H3. The molecule has 0 aliphatic carbocycles. The van der Waals surface area contributed by atoms with Gasteiger partial charge in [0.05, 0.1) is 13.2 Å². The smallest absolute Gasteiger partial charge is 0.118 e. The average Bonchev–Trinajstić information content (AvgIpc) is 2.42. The third-order valence-electron chi connectivity index (χ3n) is 3.05. The van der Waals surface area contributed by atoms with Crippen LogP contribution in [-0.2, 0) is 0 Å². The minimum atomic E-state index is -0.459. The molecule has 0 fully saturated rings. The van der Waals surface area contributed by atoms with Gasteiger partial charge in [-0.1, -0.05) is 12.1 Å². The van der Waals surface area contributed by atoms with Gasteiger partial charge in [0, 0.05) is 6.54 Å². The molecule has 108 valence electrons. The van der Waals surface area contributed by atoms with Gasteiger partial charge in [0.15, 0.2) is 0 Å². The lowest BCUT2D eigenvalue weighted by atomic mass is 10.1. The van der Waals surface area contributed by atoms with Crippen molar-refractivity contribution >= 4 is 0 Å². The molecule has 0 bridgehead atoms. The Labute approximate surface area is 116 Å². The largest absolute Gasteiger partial charge is 0.497 e. The SMILES string of the molecule is COc1ccc(C(O)CNCCCCN(C)C)cc1. The van der Waals surface area contributed by atoms with E-state index in [0.29, 0.717) is 6.54 Å². The molecule has 0 saturated heterocycles. The number of ether oxygens (including phenoxy) is 1. The zero-order chi connectivity index (χ0) is 14.1. The molecule has 0 radical (unpaired) electrons. The summed E-state index contributed by atoms with van der Waals surface area (Å²) in [5.41, 5.74) is 0.918. The van der Waals surface area contributed by atoms with Gasteiger partial charge in [0.1, 0.15) is 5.75 Å². The second-order valence-electron chi connectivity index (χ2n) is 5.00. The Bertz CT molecular complexity index is 339. The number of hydrogen-bond acceptors (Lipinski definition) is 4. The number of benzene rings is 1. The number of nitrogens with zero attached hydrogens (tertiary/aromatic N) is 1. The second-order valence-corrected chi connectivity index (χ2v) is 5.00. The van der Waals surface area contributed by atoms with E-state index in [0.717, 1.165) is 30.8 Å². The van der Waals surface area contributed by atoms with Gasteiger partial charge in [-0.25, -0.2) is 0 Å².